The van der Waals surface area contributed by atoms with Crippen LogP contribution in [0.5, 0.6) is 5.75 Å². The molecule has 3 N–H and O–H groups in total. The van der Waals surface area contributed by atoms with E-state index < -0.39 is 0 Å². The minimum Gasteiger partial charge on any atom is -0.493 e. The molecule has 0 aliphatic heterocycles. The second-order valence-corrected chi connectivity index (χ2v) is 5.98. The Morgan fingerprint density at radius 2 is 2.05 bits per heavy atom. The van der Waals surface area contributed by atoms with Crippen LogP contribution in [0.2, 0.25) is 0 Å². The van der Waals surface area contributed by atoms with E-state index >= 15 is 0 Å². The number of nitrogens with two attached hydrogens (primary N) is 1. The predicted octanol–water partition coefficient (Wildman–Crippen LogP) is 4.36. The van der Waals surface area contributed by atoms with Crippen LogP contribution < -0.4 is 16.0 Å². The third-order valence-corrected chi connectivity index (χ3v) is 4.43. The number of anilines is 1. The SMILES string of the molecule is CCCCCCOc1ccccc1-c1sc(NN)nc1C. The first-order valence-electron chi connectivity index (χ1n) is 7.42. The molecule has 0 spiro atoms. The van der Waals surface area contributed by atoms with Crippen LogP contribution in [0.1, 0.15) is 38.3 Å². The third kappa shape index (κ3) is 4.19. The number of hydrogen-bond acceptors (Lipinski definition) is 5. The second-order valence-electron chi connectivity index (χ2n) is 4.98. The normalized spacial score (nSPS) is 10.6. The van der Waals surface area contributed by atoms with Gasteiger partial charge < -0.3 is 4.74 Å². The van der Waals surface area contributed by atoms with Crippen LogP contribution in [0.15, 0.2) is 24.3 Å². The Morgan fingerprint density at radius 1 is 1.24 bits per heavy atom. The van der Waals surface area contributed by atoms with Crippen molar-refractivity contribution in [3.05, 3.63) is 30.0 Å². The largest absolute Gasteiger partial charge is 0.493 e. The van der Waals surface area contributed by atoms with E-state index in [1.807, 2.05) is 25.1 Å². The quantitative estimate of drug-likeness (QED) is 0.432. The molecule has 0 fully saturated rings. The van der Waals surface area contributed by atoms with Crippen molar-refractivity contribution in [1.82, 2.24) is 4.98 Å². The fraction of sp³-hybridized carbons (Fsp3) is 0.438. The van der Waals surface area contributed by atoms with Crippen LogP contribution in [-0.2, 0) is 0 Å². The summed E-state index contributed by atoms with van der Waals surface area (Å²) >= 11 is 1.55. The number of hydrogen-bond donors (Lipinski definition) is 2. The first-order chi connectivity index (χ1) is 10.3. The molecule has 0 aliphatic carbocycles. The van der Waals surface area contributed by atoms with Gasteiger partial charge in [-0.2, -0.15) is 0 Å². The molecule has 0 atom stereocenters. The van der Waals surface area contributed by atoms with Crippen molar-refractivity contribution in [1.29, 1.82) is 0 Å². The van der Waals surface area contributed by atoms with E-state index in [0.29, 0.717) is 0 Å². The van der Waals surface area contributed by atoms with Gasteiger partial charge in [0.05, 0.1) is 17.2 Å². The fourth-order valence-electron chi connectivity index (χ4n) is 2.20. The standard InChI is InChI=1S/C16H23N3OS/c1-3-4-5-8-11-20-14-10-7-6-9-13(14)15-12(2)18-16(19-17)21-15/h6-7,9-10H,3-5,8,11,17H2,1-2H3,(H,18,19). The van der Waals surface area contributed by atoms with Crippen molar-refractivity contribution >= 4 is 16.5 Å². The number of ether oxygens (including phenoxy) is 1. The molecule has 0 radical (unpaired) electrons. The minimum absolute atomic E-state index is 0.722. The predicted molar refractivity (Wildman–Crippen MR) is 89.7 cm³/mol. The Labute approximate surface area is 130 Å². The van der Waals surface area contributed by atoms with Gasteiger partial charge in [-0.25, -0.2) is 10.8 Å². The van der Waals surface area contributed by atoms with Gasteiger partial charge in [-0.15, -0.1) is 0 Å². The lowest BCUT2D eigenvalue weighted by atomic mass is 10.1. The molecule has 5 heteroatoms. The molecule has 1 aromatic carbocycles. The highest BCUT2D eigenvalue weighted by Crippen LogP contribution is 2.37. The van der Waals surface area contributed by atoms with Gasteiger partial charge in [0, 0.05) is 5.56 Å². The average Bonchev–Trinajstić information content (AvgIpc) is 2.88. The number of aromatic nitrogens is 1. The van der Waals surface area contributed by atoms with Crippen molar-refractivity contribution in [2.45, 2.75) is 39.5 Å². The molecule has 2 aromatic rings. The molecule has 0 amide bonds. The smallest absolute Gasteiger partial charge is 0.197 e. The number of rotatable bonds is 8. The highest BCUT2D eigenvalue weighted by atomic mass is 32.1. The summed E-state index contributed by atoms with van der Waals surface area (Å²) in [5, 5.41) is 0.722. The van der Waals surface area contributed by atoms with Gasteiger partial charge in [-0.3, -0.25) is 5.43 Å². The van der Waals surface area contributed by atoms with Crippen LogP contribution in [0.3, 0.4) is 0 Å². The van der Waals surface area contributed by atoms with Crippen molar-refractivity contribution in [2.24, 2.45) is 5.84 Å². The molecule has 2 rings (SSSR count). The summed E-state index contributed by atoms with van der Waals surface area (Å²) in [5.74, 6) is 6.36. The van der Waals surface area contributed by atoms with Gasteiger partial charge in [-0.1, -0.05) is 49.7 Å². The first-order valence-corrected chi connectivity index (χ1v) is 8.24. The summed E-state index contributed by atoms with van der Waals surface area (Å²) in [5.41, 5.74) is 4.67. The van der Waals surface area contributed by atoms with E-state index in [1.54, 1.807) is 11.3 Å². The monoisotopic (exact) mass is 305 g/mol. The highest BCUT2D eigenvalue weighted by Gasteiger charge is 2.13. The molecule has 114 valence electrons. The zero-order chi connectivity index (χ0) is 15.1. The molecule has 4 nitrogen and oxygen atoms in total. The molecule has 0 bridgehead atoms. The molecule has 0 unspecified atom stereocenters. The Kier molecular flexibility index (Phi) is 6.02. The number of hydrazine groups is 1. The summed E-state index contributed by atoms with van der Waals surface area (Å²) in [6, 6.07) is 8.11. The number of thiazole rings is 1. The topological polar surface area (TPSA) is 60.2 Å². The van der Waals surface area contributed by atoms with Gasteiger partial charge in [-0.05, 0) is 25.5 Å². The Bertz CT molecular complexity index is 568. The zero-order valence-electron chi connectivity index (χ0n) is 12.7. The summed E-state index contributed by atoms with van der Waals surface area (Å²) in [4.78, 5) is 5.50. The summed E-state index contributed by atoms with van der Waals surface area (Å²) in [7, 11) is 0. The maximum absolute atomic E-state index is 5.96. The second kappa shape index (κ2) is 8.00. The molecule has 0 saturated heterocycles. The third-order valence-electron chi connectivity index (χ3n) is 3.31. The van der Waals surface area contributed by atoms with Crippen molar-refractivity contribution in [3.8, 4) is 16.2 Å². The van der Waals surface area contributed by atoms with Crippen LogP contribution in [0.4, 0.5) is 5.13 Å². The fourth-order valence-corrected chi connectivity index (χ4v) is 3.11. The lowest BCUT2D eigenvalue weighted by molar-refractivity contribution is 0.306. The summed E-state index contributed by atoms with van der Waals surface area (Å²) < 4.78 is 5.96. The number of nitrogen functional groups attached to an aromatic ring is 1. The van der Waals surface area contributed by atoms with Gasteiger partial charge in [0.25, 0.3) is 0 Å². The lowest BCUT2D eigenvalue weighted by Gasteiger charge is -2.10. The van der Waals surface area contributed by atoms with E-state index in [1.165, 1.54) is 19.3 Å². The minimum atomic E-state index is 0.722. The highest BCUT2D eigenvalue weighted by molar-refractivity contribution is 7.19. The zero-order valence-corrected chi connectivity index (χ0v) is 13.5. The van der Waals surface area contributed by atoms with E-state index in [2.05, 4.69) is 23.4 Å². The Balaban J connectivity index is 2.11. The summed E-state index contributed by atoms with van der Waals surface area (Å²) in [6.07, 6.45) is 4.83. The number of nitrogens with one attached hydrogen (secondary N) is 1. The average molecular weight is 305 g/mol. The van der Waals surface area contributed by atoms with Gasteiger partial charge in [0.2, 0.25) is 0 Å². The van der Waals surface area contributed by atoms with Crippen molar-refractivity contribution in [2.75, 3.05) is 12.0 Å². The van der Waals surface area contributed by atoms with Gasteiger partial charge in [0.1, 0.15) is 5.75 Å². The van der Waals surface area contributed by atoms with E-state index in [-0.39, 0.29) is 0 Å². The van der Waals surface area contributed by atoms with Crippen LogP contribution in [0.25, 0.3) is 10.4 Å². The number of para-hydroxylation sites is 1. The van der Waals surface area contributed by atoms with E-state index in [9.17, 15) is 0 Å². The number of aryl methyl sites for hydroxylation is 1. The number of nitrogens with zero attached hydrogens (tertiary/aromatic N) is 1. The molecular formula is C16H23N3OS. The Hall–Kier alpha value is -1.59. The molecular weight excluding hydrogens is 282 g/mol. The molecule has 1 aromatic heterocycles. The van der Waals surface area contributed by atoms with E-state index in [4.69, 9.17) is 10.6 Å². The molecule has 0 saturated carbocycles. The van der Waals surface area contributed by atoms with Gasteiger partial charge in [0.15, 0.2) is 5.13 Å². The maximum atomic E-state index is 5.96. The number of unbranched alkanes of at least 4 members (excludes halogenated alkanes) is 3. The van der Waals surface area contributed by atoms with Crippen molar-refractivity contribution in [3.63, 3.8) is 0 Å². The molecule has 0 aliphatic rings. The van der Waals surface area contributed by atoms with Crippen molar-refractivity contribution < 1.29 is 4.74 Å². The van der Waals surface area contributed by atoms with E-state index in [0.717, 1.165) is 40.0 Å². The van der Waals surface area contributed by atoms with Crippen LogP contribution >= 0.6 is 11.3 Å². The van der Waals surface area contributed by atoms with Crippen LogP contribution in [0, 0.1) is 6.92 Å². The molecule has 1 heterocycles. The lowest BCUT2D eigenvalue weighted by Crippen LogP contribution is -2.05. The molecule has 21 heavy (non-hydrogen) atoms. The maximum Gasteiger partial charge on any atom is 0.197 e. The van der Waals surface area contributed by atoms with Crippen LogP contribution in [-0.4, -0.2) is 11.6 Å². The van der Waals surface area contributed by atoms with Gasteiger partial charge >= 0.3 is 0 Å². The summed E-state index contributed by atoms with van der Waals surface area (Å²) in [6.45, 7) is 4.97. The number of benzene rings is 1. The first kappa shape index (κ1) is 15.8. The Morgan fingerprint density at radius 3 is 2.76 bits per heavy atom.